The highest BCUT2D eigenvalue weighted by Gasteiger charge is 2.17. The van der Waals surface area contributed by atoms with Gasteiger partial charge in [-0.2, -0.15) is 5.10 Å². The maximum absolute atomic E-state index is 10.7. The van der Waals surface area contributed by atoms with Crippen molar-refractivity contribution in [3.8, 4) is 39.6 Å². The van der Waals surface area contributed by atoms with Crippen molar-refractivity contribution in [3.63, 3.8) is 0 Å². The lowest BCUT2D eigenvalue weighted by atomic mass is 10.0. The summed E-state index contributed by atoms with van der Waals surface area (Å²) in [5, 5.41) is 18.0. The highest BCUT2D eigenvalue weighted by molar-refractivity contribution is 5.83. The van der Waals surface area contributed by atoms with E-state index in [1.165, 1.54) is 5.69 Å². The molecule has 0 amide bonds. The SMILES string of the molecule is COc1ccc(-c2cn[nH]c2-c2ccc(OCCN3CCN(c4ccccc4)CC3)cc2O)cc1. The summed E-state index contributed by atoms with van der Waals surface area (Å²) in [7, 11) is 1.64. The van der Waals surface area contributed by atoms with Crippen molar-refractivity contribution in [3.05, 3.63) is 79.0 Å². The van der Waals surface area contributed by atoms with Crippen molar-refractivity contribution < 1.29 is 14.6 Å². The fourth-order valence-electron chi connectivity index (χ4n) is 4.45. The van der Waals surface area contributed by atoms with E-state index in [-0.39, 0.29) is 5.75 Å². The van der Waals surface area contributed by atoms with Crippen LogP contribution in [-0.4, -0.2) is 66.6 Å². The first-order valence-corrected chi connectivity index (χ1v) is 11.9. The molecule has 7 heteroatoms. The second kappa shape index (κ2) is 10.5. The van der Waals surface area contributed by atoms with Crippen LogP contribution in [0.1, 0.15) is 0 Å². The van der Waals surface area contributed by atoms with Gasteiger partial charge in [-0.3, -0.25) is 10.00 Å². The third kappa shape index (κ3) is 5.25. The molecule has 2 heterocycles. The van der Waals surface area contributed by atoms with Crippen LogP contribution in [-0.2, 0) is 0 Å². The number of anilines is 1. The second-order valence-corrected chi connectivity index (χ2v) is 8.58. The van der Waals surface area contributed by atoms with Gasteiger partial charge in [-0.05, 0) is 42.0 Å². The first kappa shape index (κ1) is 22.8. The van der Waals surface area contributed by atoms with Crippen molar-refractivity contribution in [1.29, 1.82) is 0 Å². The molecule has 0 saturated carbocycles. The van der Waals surface area contributed by atoms with E-state index >= 15 is 0 Å². The Kier molecular flexibility index (Phi) is 6.86. The molecule has 0 spiro atoms. The Morgan fingerprint density at radius 1 is 0.886 bits per heavy atom. The smallest absolute Gasteiger partial charge is 0.128 e. The van der Waals surface area contributed by atoms with Crippen LogP contribution in [0.2, 0.25) is 0 Å². The van der Waals surface area contributed by atoms with Crippen LogP contribution in [0.5, 0.6) is 17.2 Å². The van der Waals surface area contributed by atoms with Crippen LogP contribution in [0.4, 0.5) is 5.69 Å². The van der Waals surface area contributed by atoms with E-state index in [4.69, 9.17) is 9.47 Å². The molecule has 0 atom stereocenters. The number of methoxy groups -OCH3 is 1. The molecule has 0 unspecified atom stereocenters. The van der Waals surface area contributed by atoms with Gasteiger partial charge in [-0.15, -0.1) is 0 Å². The van der Waals surface area contributed by atoms with Gasteiger partial charge in [0.25, 0.3) is 0 Å². The summed E-state index contributed by atoms with van der Waals surface area (Å²) in [4.78, 5) is 4.84. The minimum atomic E-state index is 0.151. The van der Waals surface area contributed by atoms with Crippen LogP contribution in [0.25, 0.3) is 22.4 Å². The average molecular weight is 471 g/mol. The number of piperazine rings is 1. The van der Waals surface area contributed by atoms with Gasteiger partial charge in [0.15, 0.2) is 0 Å². The number of nitrogens with zero attached hydrogens (tertiary/aromatic N) is 3. The highest BCUT2D eigenvalue weighted by Crippen LogP contribution is 2.37. The number of para-hydroxylation sites is 1. The number of nitrogens with one attached hydrogen (secondary N) is 1. The molecule has 1 aliphatic heterocycles. The average Bonchev–Trinajstić information content (AvgIpc) is 3.39. The molecule has 7 nitrogen and oxygen atoms in total. The van der Waals surface area contributed by atoms with E-state index in [0.717, 1.165) is 55.3 Å². The number of aromatic nitrogens is 2. The fourth-order valence-corrected chi connectivity index (χ4v) is 4.45. The van der Waals surface area contributed by atoms with E-state index < -0.39 is 0 Å². The molecule has 1 aliphatic rings. The zero-order valence-electron chi connectivity index (χ0n) is 19.9. The van der Waals surface area contributed by atoms with Gasteiger partial charge >= 0.3 is 0 Å². The zero-order chi connectivity index (χ0) is 24.0. The van der Waals surface area contributed by atoms with Crippen LogP contribution in [0.15, 0.2) is 79.0 Å². The molecule has 180 valence electrons. The normalized spacial score (nSPS) is 14.1. The summed E-state index contributed by atoms with van der Waals surface area (Å²) in [5.74, 6) is 1.60. The number of rotatable bonds is 8. The molecule has 35 heavy (non-hydrogen) atoms. The molecule has 0 bridgehead atoms. The standard InChI is InChI=1S/C28H30N4O3/c1-34-23-9-7-21(8-10-23)26-20-29-30-28(26)25-12-11-24(19-27(25)33)35-18-17-31-13-15-32(16-14-31)22-5-3-2-4-6-22/h2-12,19-20,33H,13-18H2,1H3,(H,29,30). The van der Waals surface area contributed by atoms with Crippen molar-refractivity contribution in [2.75, 3.05) is 51.3 Å². The topological polar surface area (TPSA) is 73.9 Å². The van der Waals surface area contributed by atoms with E-state index in [9.17, 15) is 5.11 Å². The second-order valence-electron chi connectivity index (χ2n) is 8.58. The van der Waals surface area contributed by atoms with Gasteiger partial charge in [0.2, 0.25) is 0 Å². The summed E-state index contributed by atoms with van der Waals surface area (Å²) in [6.45, 7) is 5.48. The summed E-state index contributed by atoms with van der Waals surface area (Å²) in [5.41, 5.74) is 4.62. The fraction of sp³-hybridized carbons (Fsp3) is 0.250. The predicted octanol–water partition coefficient (Wildman–Crippen LogP) is 4.66. The summed E-state index contributed by atoms with van der Waals surface area (Å²) in [6, 6.07) is 23.7. The van der Waals surface area contributed by atoms with Gasteiger partial charge in [0, 0.05) is 55.6 Å². The van der Waals surface area contributed by atoms with E-state index in [0.29, 0.717) is 17.9 Å². The Bertz CT molecular complexity index is 1230. The number of aromatic hydroxyl groups is 1. The van der Waals surface area contributed by atoms with E-state index in [1.54, 1.807) is 19.4 Å². The molecular weight excluding hydrogens is 440 g/mol. The lowest BCUT2D eigenvalue weighted by Crippen LogP contribution is -2.47. The Hall–Kier alpha value is -3.97. The van der Waals surface area contributed by atoms with Crippen LogP contribution in [0.3, 0.4) is 0 Å². The Morgan fingerprint density at radius 3 is 2.34 bits per heavy atom. The van der Waals surface area contributed by atoms with Crippen molar-refractivity contribution >= 4 is 5.69 Å². The number of phenols is 1. The quantitative estimate of drug-likeness (QED) is 0.390. The molecule has 0 radical (unpaired) electrons. The third-order valence-electron chi connectivity index (χ3n) is 6.45. The highest BCUT2D eigenvalue weighted by atomic mass is 16.5. The lowest BCUT2D eigenvalue weighted by molar-refractivity contribution is 0.200. The van der Waals surface area contributed by atoms with Crippen molar-refractivity contribution in [2.45, 2.75) is 0 Å². The minimum Gasteiger partial charge on any atom is -0.507 e. The number of phenolic OH excluding ortho intramolecular Hbond substituents is 1. The lowest BCUT2D eigenvalue weighted by Gasteiger charge is -2.36. The first-order valence-electron chi connectivity index (χ1n) is 11.9. The van der Waals surface area contributed by atoms with Gasteiger partial charge in [-0.1, -0.05) is 30.3 Å². The van der Waals surface area contributed by atoms with Crippen LogP contribution in [0, 0.1) is 0 Å². The van der Waals surface area contributed by atoms with E-state index in [1.807, 2.05) is 36.4 Å². The molecule has 1 fully saturated rings. The molecule has 4 aromatic rings. The van der Waals surface area contributed by atoms with Crippen molar-refractivity contribution in [1.82, 2.24) is 15.1 Å². The van der Waals surface area contributed by atoms with Gasteiger partial charge < -0.3 is 19.5 Å². The number of H-pyrrole nitrogens is 1. The van der Waals surface area contributed by atoms with Gasteiger partial charge in [-0.25, -0.2) is 0 Å². The zero-order valence-corrected chi connectivity index (χ0v) is 19.9. The molecule has 1 saturated heterocycles. The molecule has 1 aromatic heterocycles. The summed E-state index contributed by atoms with van der Waals surface area (Å²) < 4.78 is 11.2. The molecular formula is C28H30N4O3. The van der Waals surface area contributed by atoms with E-state index in [2.05, 4.69) is 50.3 Å². The van der Waals surface area contributed by atoms with Gasteiger partial charge in [0.1, 0.15) is 23.9 Å². The minimum absolute atomic E-state index is 0.151. The number of ether oxygens (including phenoxy) is 2. The van der Waals surface area contributed by atoms with Crippen LogP contribution < -0.4 is 14.4 Å². The number of benzene rings is 3. The maximum atomic E-state index is 10.7. The predicted molar refractivity (Wildman–Crippen MR) is 138 cm³/mol. The number of hydrogen-bond acceptors (Lipinski definition) is 6. The Balaban J connectivity index is 1.17. The van der Waals surface area contributed by atoms with Crippen molar-refractivity contribution in [2.24, 2.45) is 0 Å². The van der Waals surface area contributed by atoms with Crippen LogP contribution >= 0.6 is 0 Å². The largest absolute Gasteiger partial charge is 0.507 e. The monoisotopic (exact) mass is 470 g/mol. The third-order valence-corrected chi connectivity index (χ3v) is 6.45. The van der Waals surface area contributed by atoms with Gasteiger partial charge in [0.05, 0.1) is 19.0 Å². The molecule has 2 N–H and O–H groups in total. The molecule has 5 rings (SSSR count). The maximum Gasteiger partial charge on any atom is 0.128 e. The molecule has 0 aliphatic carbocycles. The molecule has 3 aromatic carbocycles. The first-order chi connectivity index (χ1) is 17.2. The summed E-state index contributed by atoms with van der Waals surface area (Å²) in [6.07, 6.45) is 1.76. The Morgan fingerprint density at radius 2 is 1.63 bits per heavy atom. The number of aromatic amines is 1. The summed E-state index contributed by atoms with van der Waals surface area (Å²) >= 11 is 0. The Labute approximate surface area is 205 Å². The number of hydrogen-bond donors (Lipinski definition) is 2.